The SMILES string of the molecule is CC1CCC(CNC(C)C)(c2ccc(F)cc2F)CC1. The standard InChI is InChI=1S/C17H25F2N/c1-12(2)20-11-17(8-6-13(3)7-9-17)15-5-4-14(18)10-16(15)19/h4-5,10,12-13,20H,6-9,11H2,1-3H3. The Morgan fingerprint density at radius 3 is 2.45 bits per heavy atom. The van der Waals surface area contributed by atoms with Crippen molar-refractivity contribution in [1.82, 2.24) is 5.32 Å². The lowest BCUT2D eigenvalue weighted by atomic mass is 9.66. The third-order valence-electron chi connectivity index (χ3n) is 4.58. The average Bonchev–Trinajstić information content (AvgIpc) is 2.39. The van der Waals surface area contributed by atoms with E-state index in [1.54, 1.807) is 6.07 Å². The highest BCUT2D eigenvalue weighted by Crippen LogP contribution is 2.42. The highest BCUT2D eigenvalue weighted by atomic mass is 19.1. The number of halogens is 2. The quantitative estimate of drug-likeness (QED) is 0.862. The van der Waals surface area contributed by atoms with Gasteiger partial charge in [0.1, 0.15) is 11.6 Å². The van der Waals surface area contributed by atoms with E-state index in [9.17, 15) is 8.78 Å². The molecule has 20 heavy (non-hydrogen) atoms. The van der Waals surface area contributed by atoms with Crippen molar-refractivity contribution in [2.75, 3.05) is 6.54 Å². The summed E-state index contributed by atoms with van der Waals surface area (Å²) < 4.78 is 27.4. The Labute approximate surface area is 120 Å². The van der Waals surface area contributed by atoms with Crippen LogP contribution in [0.15, 0.2) is 18.2 Å². The van der Waals surface area contributed by atoms with E-state index in [-0.39, 0.29) is 5.41 Å². The van der Waals surface area contributed by atoms with Crippen molar-refractivity contribution < 1.29 is 8.78 Å². The molecule has 0 unspecified atom stereocenters. The monoisotopic (exact) mass is 281 g/mol. The molecule has 0 radical (unpaired) electrons. The van der Waals surface area contributed by atoms with Gasteiger partial charge in [0, 0.05) is 24.1 Å². The zero-order valence-corrected chi connectivity index (χ0v) is 12.7. The van der Waals surface area contributed by atoms with E-state index in [0.717, 1.165) is 38.3 Å². The van der Waals surface area contributed by atoms with Crippen LogP contribution in [-0.2, 0) is 5.41 Å². The molecule has 1 aliphatic rings. The zero-order valence-electron chi connectivity index (χ0n) is 12.7. The average molecular weight is 281 g/mol. The highest BCUT2D eigenvalue weighted by Gasteiger charge is 2.37. The highest BCUT2D eigenvalue weighted by molar-refractivity contribution is 5.29. The molecular weight excluding hydrogens is 256 g/mol. The normalized spacial score (nSPS) is 27.0. The molecule has 2 rings (SSSR count). The summed E-state index contributed by atoms with van der Waals surface area (Å²) in [4.78, 5) is 0. The summed E-state index contributed by atoms with van der Waals surface area (Å²) in [7, 11) is 0. The fourth-order valence-electron chi connectivity index (χ4n) is 3.18. The maximum absolute atomic E-state index is 14.2. The van der Waals surface area contributed by atoms with Crippen molar-refractivity contribution in [3.63, 3.8) is 0 Å². The fourth-order valence-corrected chi connectivity index (χ4v) is 3.18. The molecule has 0 atom stereocenters. The van der Waals surface area contributed by atoms with Crippen LogP contribution in [0, 0.1) is 17.6 Å². The fraction of sp³-hybridized carbons (Fsp3) is 0.647. The van der Waals surface area contributed by atoms with Crippen LogP contribution in [0.5, 0.6) is 0 Å². The third kappa shape index (κ3) is 3.38. The van der Waals surface area contributed by atoms with Crippen LogP contribution in [0.3, 0.4) is 0 Å². The molecule has 1 aliphatic carbocycles. The van der Waals surface area contributed by atoms with Gasteiger partial charge in [-0.05, 0) is 43.2 Å². The Bertz CT molecular complexity index is 448. The van der Waals surface area contributed by atoms with Gasteiger partial charge in [-0.2, -0.15) is 0 Å². The van der Waals surface area contributed by atoms with Crippen molar-refractivity contribution in [1.29, 1.82) is 0 Å². The molecule has 0 aliphatic heterocycles. The molecule has 1 N–H and O–H groups in total. The number of hydrogen-bond donors (Lipinski definition) is 1. The van der Waals surface area contributed by atoms with Gasteiger partial charge in [-0.25, -0.2) is 8.78 Å². The molecule has 0 heterocycles. The number of benzene rings is 1. The van der Waals surface area contributed by atoms with Crippen molar-refractivity contribution in [2.24, 2.45) is 5.92 Å². The molecule has 1 saturated carbocycles. The van der Waals surface area contributed by atoms with Gasteiger partial charge in [0.05, 0.1) is 0 Å². The van der Waals surface area contributed by atoms with Crippen molar-refractivity contribution >= 4 is 0 Å². The summed E-state index contributed by atoms with van der Waals surface area (Å²) in [6, 6.07) is 4.41. The maximum atomic E-state index is 14.2. The third-order valence-corrected chi connectivity index (χ3v) is 4.58. The van der Waals surface area contributed by atoms with Gasteiger partial charge in [0.2, 0.25) is 0 Å². The molecule has 3 heteroatoms. The van der Waals surface area contributed by atoms with Gasteiger partial charge in [-0.15, -0.1) is 0 Å². The number of hydrogen-bond acceptors (Lipinski definition) is 1. The van der Waals surface area contributed by atoms with Crippen LogP contribution in [0.1, 0.15) is 52.0 Å². The van der Waals surface area contributed by atoms with E-state index in [4.69, 9.17) is 0 Å². The van der Waals surface area contributed by atoms with E-state index in [1.165, 1.54) is 6.07 Å². The first-order valence-electron chi connectivity index (χ1n) is 7.62. The number of nitrogens with one attached hydrogen (secondary N) is 1. The van der Waals surface area contributed by atoms with Gasteiger partial charge in [0.25, 0.3) is 0 Å². The van der Waals surface area contributed by atoms with Crippen LogP contribution in [0.25, 0.3) is 0 Å². The lowest BCUT2D eigenvalue weighted by Crippen LogP contribution is -2.43. The predicted octanol–water partition coefficient (Wildman–Crippen LogP) is 4.41. The van der Waals surface area contributed by atoms with E-state index >= 15 is 0 Å². The summed E-state index contributed by atoms with van der Waals surface area (Å²) in [5.74, 6) is -0.196. The lowest BCUT2D eigenvalue weighted by molar-refractivity contribution is 0.223. The van der Waals surface area contributed by atoms with Gasteiger partial charge in [-0.1, -0.05) is 26.8 Å². The molecule has 0 bridgehead atoms. The van der Waals surface area contributed by atoms with Gasteiger partial charge in [0.15, 0.2) is 0 Å². The van der Waals surface area contributed by atoms with Crippen molar-refractivity contribution in [2.45, 2.75) is 57.9 Å². The molecule has 0 amide bonds. The Kier molecular flexibility index (Phi) is 4.79. The summed E-state index contributed by atoms with van der Waals surface area (Å²) >= 11 is 0. The van der Waals surface area contributed by atoms with E-state index in [2.05, 4.69) is 26.1 Å². The second kappa shape index (κ2) is 6.21. The van der Waals surface area contributed by atoms with Crippen LogP contribution in [0.4, 0.5) is 8.78 Å². The van der Waals surface area contributed by atoms with Crippen molar-refractivity contribution in [3.8, 4) is 0 Å². The van der Waals surface area contributed by atoms with Gasteiger partial charge < -0.3 is 5.32 Å². The summed E-state index contributed by atoms with van der Waals surface area (Å²) in [5, 5.41) is 3.45. The Balaban J connectivity index is 2.30. The summed E-state index contributed by atoms with van der Waals surface area (Å²) in [6.45, 7) is 7.21. The smallest absolute Gasteiger partial charge is 0.129 e. The van der Waals surface area contributed by atoms with Crippen LogP contribution in [-0.4, -0.2) is 12.6 Å². The first-order valence-corrected chi connectivity index (χ1v) is 7.62. The first kappa shape index (κ1) is 15.4. The van der Waals surface area contributed by atoms with Crippen molar-refractivity contribution in [3.05, 3.63) is 35.4 Å². The molecule has 1 fully saturated rings. The molecule has 1 aromatic carbocycles. The first-order chi connectivity index (χ1) is 9.43. The summed E-state index contributed by atoms with van der Waals surface area (Å²) in [5.41, 5.74) is 0.494. The molecule has 0 spiro atoms. The molecule has 0 aromatic heterocycles. The maximum Gasteiger partial charge on any atom is 0.129 e. The topological polar surface area (TPSA) is 12.0 Å². The molecule has 1 aromatic rings. The van der Waals surface area contributed by atoms with Crippen LogP contribution >= 0.6 is 0 Å². The van der Waals surface area contributed by atoms with E-state index < -0.39 is 11.6 Å². The minimum absolute atomic E-state index is 0.186. The molecule has 0 saturated heterocycles. The Hall–Kier alpha value is -0.960. The Morgan fingerprint density at radius 2 is 1.90 bits per heavy atom. The predicted molar refractivity (Wildman–Crippen MR) is 78.8 cm³/mol. The largest absolute Gasteiger partial charge is 0.314 e. The van der Waals surface area contributed by atoms with E-state index in [0.29, 0.717) is 17.5 Å². The molecular formula is C17H25F2N. The number of rotatable bonds is 4. The minimum Gasteiger partial charge on any atom is -0.314 e. The summed E-state index contributed by atoms with van der Waals surface area (Å²) in [6.07, 6.45) is 4.15. The van der Waals surface area contributed by atoms with Gasteiger partial charge >= 0.3 is 0 Å². The zero-order chi connectivity index (χ0) is 14.8. The second-order valence-electron chi connectivity index (χ2n) is 6.62. The van der Waals surface area contributed by atoms with Crippen LogP contribution in [0.2, 0.25) is 0 Å². The van der Waals surface area contributed by atoms with E-state index in [1.807, 2.05) is 0 Å². The van der Waals surface area contributed by atoms with Gasteiger partial charge in [-0.3, -0.25) is 0 Å². The lowest BCUT2D eigenvalue weighted by Gasteiger charge is -2.41. The Morgan fingerprint density at radius 1 is 1.25 bits per heavy atom. The molecule has 112 valence electrons. The van der Waals surface area contributed by atoms with Crippen LogP contribution < -0.4 is 5.32 Å². The second-order valence-corrected chi connectivity index (χ2v) is 6.62. The minimum atomic E-state index is -0.498. The molecule has 1 nitrogen and oxygen atoms in total.